The quantitative estimate of drug-likeness (QED) is 0.540. The second-order valence-corrected chi connectivity index (χ2v) is 7.67. The molecule has 0 radical (unpaired) electrons. The van der Waals surface area contributed by atoms with E-state index in [2.05, 4.69) is 9.72 Å². The van der Waals surface area contributed by atoms with Gasteiger partial charge in [0.2, 0.25) is 0 Å². The van der Waals surface area contributed by atoms with Crippen LogP contribution >= 0.6 is 23.2 Å². The molecular formula is C20H21Cl2F2N2O4+. The Labute approximate surface area is 182 Å². The van der Waals surface area contributed by atoms with Gasteiger partial charge >= 0.3 is 12.6 Å². The number of aromatic amines is 1. The standard InChI is InChI=1S/C20H20Cl2F2N2O4/c21-14-8-26-9-15(22)13(14)6-17(29-19(27)7-25)12-3-4-16(30-20(23)24)18(5-12)28-10-11-1-2-11/h3-5,8-9,11,17,20H,1-2,6-7,10,25H2/p+1/t17-/m0/s1. The van der Waals surface area contributed by atoms with Crippen molar-refractivity contribution < 1.29 is 32.8 Å². The molecule has 1 aliphatic rings. The molecule has 1 heterocycles. The summed E-state index contributed by atoms with van der Waals surface area (Å²) >= 11 is 12.5. The lowest BCUT2D eigenvalue weighted by Crippen LogP contribution is -2.21. The van der Waals surface area contributed by atoms with Crippen molar-refractivity contribution in [1.29, 1.82) is 0 Å². The Morgan fingerprint density at radius 1 is 1.20 bits per heavy atom. The van der Waals surface area contributed by atoms with Crippen LogP contribution in [0.15, 0.2) is 30.6 Å². The summed E-state index contributed by atoms with van der Waals surface area (Å²) in [5.41, 5.74) is 6.45. The van der Waals surface area contributed by atoms with Gasteiger partial charge in [0.25, 0.3) is 0 Å². The molecule has 10 heteroatoms. The van der Waals surface area contributed by atoms with Crippen LogP contribution in [0.4, 0.5) is 8.78 Å². The molecule has 0 saturated heterocycles. The first-order chi connectivity index (χ1) is 14.4. The normalized spacial score (nSPS) is 14.5. The molecule has 0 amide bonds. The van der Waals surface area contributed by atoms with E-state index < -0.39 is 18.7 Å². The molecule has 0 spiro atoms. The number of hydrogen-bond donors (Lipinski definition) is 1. The summed E-state index contributed by atoms with van der Waals surface area (Å²) < 4.78 is 41.3. The van der Waals surface area contributed by atoms with Crippen molar-refractivity contribution in [3.05, 3.63) is 51.8 Å². The largest absolute Gasteiger partial charge is 0.489 e. The maximum absolute atomic E-state index is 12.8. The van der Waals surface area contributed by atoms with Crippen molar-refractivity contribution in [2.24, 2.45) is 11.7 Å². The first kappa shape index (κ1) is 22.5. The highest BCUT2D eigenvalue weighted by molar-refractivity contribution is 6.35. The third-order valence-electron chi connectivity index (χ3n) is 4.55. The van der Waals surface area contributed by atoms with Gasteiger partial charge in [-0.3, -0.25) is 4.79 Å². The number of rotatable bonds is 10. The van der Waals surface area contributed by atoms with E-state index in [-0.39, 0.29) is 24.5 Å². The van der Waals surface area contributed by atoms with Gasteiger partial charge in [-0.25, -0.2) is 4.98 Å². The molecule has 0 unspecified atom stereocenters. The lowest BCUT2D eigenvalue weighted by molar-refractivity contribution is -0.377. The van der Waals surface area contributed by atoms with Gasteiger partial charge < -0.3 is 19.9 Å². The van der Waals surface area contributed by atoms with Gasteiger partial charge in [0.1, 0.15) is 16.1 Å². The van der Waals surface area contributed by atoms with Crippen LogP contribution in [0.5, 0.6) is 11.5 Å². The molecule has 30 heavy (non-hydrogen) atoms. The molecule has 1 saturated carbocycles. The summed E-state index contributed by atoms with van der Waals surface area (Å²) in [6, 6.07) is 4.40. The van der Waals surface area contributed by atoms with Gasteiger partial charge in [-0.1, -0.05) is 29.3 Å². The molecule has 1 aromatic heterocycles. The summed E-state index contributed by atoms with van der Waals surface area (Å²) in [5, 5.41) is 0.721. The van der Waals surface area contributed by atoms with Crippen molar-refractivity contribution >= 4 is 29.2 Å². The van der Waals surface area contributed by atoms with Crippen LogP contribution in [-0.2, 0) is 16.0 Å². The molecule has 1 atom stereocenters. The number of aromatic nitrogens is 1. The van der Waals surface area contributed by atoms with Gasteiger partial charge in [0.05, 0.1) is 13.2 Å². The lowest BCUT2D eigenvalue weighted by Gasteiger charge is -2.21. The third-order valence-corrected chi connectivity index (χ3v) is 5.23. The van der Waals surface area contributed by atoms with Crippen LogP contribution in [-0.4, -0.2) is 25.7 Å². The average Bonchev–Trinajstić information content (AvgIpc) is 3.53. The third kappa shape index (κ3) is 6.17. The first-order valence-electron chi connectivity index (χ1n) is 9.32. The van der Waals surface area contributed by atoms with Crippen LogP contribution < -0.4 is 20.2 Å². The van der Waals surface area contributed by atoms with Gasteiger partial charge in [0, 0.05) is 12.0 Å². The summed E-state index contributed by atoms with van der Waals surface area (Å²) in [6.07, 6.45) is 4.49. The topological polar surface area (TPSA) is 84.9 Å². The predicted octanol–water partition coefficient (Wildman–Crippen LogP) is 3.98. The maximum Gasteiger partial charge on any atom is 0.387 e. The molecular weight excluding hydrogens is 441 g/mol. The fourth-order valence-electron chi connectivity index (χ4n) is 2.81. The minimum atomic E-state index is -3.00. The van der Waals surface area contributed by atoms with Crippen LogP contribution in [0.3, 0.4) is 0 Å². The number of esters is 1. The molecule has 1 fully saturated rings. The van der Waals surface area contributed by atoms with Crippen molar-refractivity contribution in [1.82, 2.24) is 0 Å². The fourth-order valence-corrected chi connectivity index (χ4v) is 3.35. The molecule has 6 nitrogen and oxygen atoms in total. The van der Waals surface area contributed by atoms with Crippen LogP contribution in [0.1, 0.15) is 30.1 Å². The Morgan fingerprint density at radius 3 is 2.50 bits per heavy atom. The number of alkyl halides is 2. The molecule has 3 rings (SSSR count). The number of carbonyl (C=O) groups excluding carboxylic acids is 1. The molecule has 1 aromatic carbocycles. The zero-order chi connectivity index (χ0) is 21.7. The predicted molar refractivity (Wildman–Crippen MR) is 106 cm³/mol. The number of pyridine rings is 1. The van der Waals surface area contributed by atoms with Gasteiger partial charge in [-0.2, -0.15) is 8.78 Å². The number of benzene rings is 1. The second-order valence-electron chi connectivity index (χ2n) is 6.86. The van der Waals surface area contributed by atoms with Crippen molar-refractivity contribution in [2.75, 3.05) is 13.2 Å². The average molecular weight is 462 g/mol. The minimum absolute atomic E-state index is 0.0938. The Morgan fingerprint density at radius 2 is 1.90 bits per heavy atom. The molecule has 3 N–H and O–H groups in total. The maximum atomic E-state index is 12.8. The minimum Gasteiger partial charge on any atom is -0.489 e. The van der Waals surface area contributed by atoms with E-state index in [1.807, 2.05) is 0 Å². The Kier molecular flexibility index (Phi) is 7.69. The zero-order valence-electron chi connectivity index (χ0n) is 15.9. The second kappa shape index (κ2) is 10.2. The molecule has 162 valence electrons. The molecule has 1 aliphatic carbocycles. The van der Waals surface area contributed by atoms with Crippen LogP contribution in [0.25, 0.3) is 0 Å². The van der Waals surface area contributed by atoms with Gasteiger partial charge in [-0.05, 0) is 36.5 Å². The molecule has 0 aliphatic heterocycles. The smallest absolute Gasteiger partial charge is 0.387 e. The van der Waals surface area contributed by atoms with Crippen molar-refractivity contribution in [2.45, 2.75) is 32.0 Å². The first-order valence-corrected chi connectivity index (χ1v) is 10.1. The SMILES string of the molecule is NCC(=O)O[C@@H](Cc1c(Cl)c[nH+]cc1Cl)c1ccc(OC(F)F)c(OCC2CC2)c1. The van der Waals surface area contributed by atoms with Crippen molar-refractivity contribution in [3.63, 3.8) is 0 Å². The van der Waals surface area contributed by atoms with E-state index in [1.165, 1.54) is 18.2 Å². The Bertz CT molecular complexity index is 877. The lowest BCUT2D eigenvalue weighted by atomic mass is 10.0. The van der Waals surface area contributed by atoms with E-state index >= 15 is 0 Å². The Hall–Kier alpha value is -2.16. The summed E-state index contributed by atoms with van der Waals surface area (Å²) in [4.78, 5) is 14.7. The number of ether oxygens (including phenoxy) is 3. The number of nitrogens with two attached hydrogens (primary N) is 1. The van der Waals surface area contributed by atoms with Crippen molar-refractivity contribution in [3.8, 4) is 11.5 Å². The number of hydrogen-bond acceptors (Lipinski definition) is 5. The van der Waals surface area contributed by atoms with Gasteiger partial charge in [0.15, 0.2) is 23.9 Å². The highest BCUT2D eigenvalue weighted by Gasteiger charge is 2.25. The number of nitrogens with one attached hydrogen (secondary N) is 1. The monoisotopic (exact) mass is 461 g/mol. The highest BCUT2D eigenvalue weighted by Crippen LogP contribution is 2.37. The fraction of sp³-hybridized carbons (Fsp3) is 0.400. The van der Waals surface area contributed by atoms with E-state index in [4.69, 9.17) is 38.4 Å². The number of carbonyl (C=O) groups is 1. The zero-order valence-corrected chi connectivity index (χ0v) is 17.4. The summed E-state index contributed by atoms with van der Waals surface area (Å²) in [6.45, 7) is -2.93. The molecule has 0 bridgehead atoms. The van der Waals surface area contributed by atoms with E-state index in [9.17, 15) is 13.6 Å². The number of H-pyrrole nitrogens is 1. The Balaban J connectivity index is 1.92. The highest BCUT2D eigenvalue weighted by atomic mass is 35.5. The summed E-state index contributed by atoms with van der Waals surface area (Å²) in [5.74, 6) is -0.184. The van der Waals surface area contributed by atoms with E-state index in [1.54, 1.807) is 12.4 Å². The van der Waals surface area contributed by atoms with E-state index in [0.29, 0.717) is 33.7 Å². The van der Waals surface area contributed by atoms with E-state index in [0.717, 1.165) is 12.8 Å². The molecule has 2 aromatic rings. The summed E-state index contributed by atoms with van der Waals surface area (Å²) in [7, 11) is 0. The van der Waals surface area contributed by atoms with Crippen LogP contribution in [0.2, 0.25) is 10.0 Å². The number of halogens is 4. The van der Waals surface area contributed by atoms with Crippen LogP contribution in [0, 0.1) is 5.92 Å². The van der Waals surface area contributed by atoms with Gasteiger partial charge in [-0.15, -0.1) is 0 Å².